The van der Waals surface area contributed by atoms with E-state index in [1.165, 1.54) is 22.3 Å². The molecule has 276 valence electrons. The SMILES string of the molecule is O=C(NN(Cc1ccccc1)C(=O)Cl)OCC1c2ccccc2-c2ccccc21.O=C(NNCc1ccccc1)OCC1c2ccccc2-c2ccccc21. The van der Waals surface area contributed by atoms with Crippen LogP contribution in [-0.2, 0) is 22.6 Å². The number of hydrazine groups is 2. The summed E-state index contributed by atoms with van der Waals surface area (Å²) >= 11 is 5.62. The second-order valence-corrected chi connectivity index (χ2v) is 13.4. The first kappa shape index (κ1) is 36.9. The van der Waals surface area contributed by atoms with Crippen molar-refractivity contribution in [3.8, 4) is 22.3 Å². The molecule has 9 nitrogen and oxygen atoms in total. The molecule has 0 aliphatic heterocycles. The Kier molecular flexibility index (Phi) is 11.8. The molecule has 0 radical (unpaired) electrons. The van der Waals surface area contributed by atoms with Gasteiger partial charge in [-0.05, 0) is 67.2 Å². The van der Waals surface area contributed by atoms with Crippen LogP contribution in [0.25, 0.3) is 22.3 Å². The fraction of sp³-hybridized carbons (Fsp3) is 0.133. The number of hydrogen-bond donors (Lipinski definition) is 3. The number of halogens is 1. The van der Waals surface area contributed by atoms with Gasteiger partial charge in [0.25, 0.3) is 0 Å². The molecule has 0 saturated heterocycles. The van der Waals surface area contributed by atoms with Crippen molar-refractivity contribution in [2.75, 3.05) is 13.2 Å². The summed E-state index contributed by atoms with van der Waals surface area (Å²) in [6.45, 7) is 1.17. The van der Waals surface area contributed by atoms with E-state index in [1.54, 1.807) is 0 Å². The first-order valence-corrected chi connectivity index (χ1v) is 18.3. The van der Waals surface area contributed by atoms with Gasteiger partial charge in [-0.3, -0.25) is 10.2 Å². The van der Waals surface area contributed by atoms with Crippen LogP contribution >= 0.6 is 11.6 Å². The standard InChI is InChI=1S/C23H19ClN2O3.C22H20N2O2/c24-22(27)26(14-16-8-2-1-3-9-16)25-23(28)29-15-21-19-12-6-4-10-17(19)18-11-5-7-13-20(18)21;25-22(24-23-14-16-8-2-1-3-9-16)26-15-21-19-12-6-4-10-17(19)18-11-5-7-13-20(18)21/h1-13,21H,14-15H2,(H,25,28);1-13,21,23H,14-15H2,(H,24,25). The minimum atomic E-state index is -0.789. The first-order valence-electron chi connectivity index (χ1n) is 18.0. The zero-order chi connectivity index (χ0) is 38.0. The Morgan fingerprint density at radius 2 is 0.891 bits per heavy atom. The molecule has 10 heteroatoms. The molecule has 2 aliphatic carbocycles. The predicted octanol–water partition coefficient (Wildman–Crippen LogP) is 9.53. The van der Waals surface area contributed by atoms with E-state index in [0.717, 1.165) is 38.4 Å². The van der Waals surface area contributed by atoms with Crippen molar-refractivity contribution in [1.82, 2.24) is 21.3 Å². The third-order valence-electron chi connectivity index (χ3n) is 9.64. The van der Waals surface area contributed by atoms with Crippen LogP contribution in [0.1, 0.15) is 45.2 Å². The predicted molar refractivity (Wildman–Crippen MR) is 213 cm³/mol. The third kappa shape index (κ3) is 8.87. The lowest BCUT2D eigenvalue weighted by atomic mass is 9.98. The topological polar surface area (TPSA) is 109 Å². The Morgan fingerprint density at radius 3 is 1.33 bits per heavy atom. The van der Waals surface area contributed by atoms with E-state index < -0.39 is 17.6 Å². The van der Waals surface area contributed by atoms with Gasteiger partial charge in [-0.25, -0.2) is 25.4 Å². The lowest BCUT2D eigenvalue weighted by Gasteiger charge is -2.21. The minimum Gasteiger partial charge on any atom is -0.448 e. The molecule has 0 heterocycles. The Morgan fingerprint density at radius 1 is 0.509 bits per heavy atom. The molecular formula is C45H39ClN4O5. The maximum absolute atomic E-state index is 12.3. The molecule has 2 aliphatic rings. The lowest BCUT2D eigenvalue weighted by Crippen LogP contribution is -2.43. The van der Waals surface area contributed by atoms with Gasteiger partial charge >= 0.3 is 17.6 Å². The van der Waals surface area contributed by atoms with Gasteiger partial charge < -0.3 is 9.47 Å². The number of hydrogen-bond acceptors (Lipinski definition) is 6. The van der Waals surface area contributed by atoms with E-state index in [1.807, 2.05) is 121 Å². The second-order valence-electron chi connectivity index (χ2n) is 13.1. The van der Waals surface area contributed by atoms with Gasteiger partial charge in [0.05, 0.1) is 6.54 Å². The average molecular weight is 751 g/mol. The normalized spacial score (nSPS) is 12.2. The molecule has 8 rings (SSSR count). The van der Waals surface area contributed by atoms with Crippen LogP contribution in [0.4, 0.5) is 14.4 Å². The zero-order valence-electron chi connectivity index (χ0n) is 29.9. The van der Waals surface area contributed by atoms with Crippen LogP contribution in [0.3, 0.4) is 0 Å². The van der Waals surface area contributed by atoms with Gasteiger partial charge in [0.2, 0.25) is 0 Å². The minimum absolute atomic E-state index is 0.0533. The van der Waals surface area contributed by atoms with Crippen molar-refractivity contribution in [1.29, 1.82) is 0 Å². The molecule has 0 bridgehead atoms. The van der Waals surface area contributed by atoms with E-state index >= 15 is 0 Å². The summed E-state index contributed by atoms with van der Waals surface area (Å²) in [5.41, 5.74) is 19.2. The molecule has 6 aromatic carbocycles. The highest BCUT2D eigenvalue weighted by molar-refractivity contribution is 6.62. The highest BCUT2D eigenvalue weighted by Gasteiger charge is 2.30. The van der Waals surface area contributed by atoms with E-state index in [2.05, 4.69) is 52.7 Å². The van der Waals surface area contributed by atoms with Crippen molar-refractivity contribution in [3.05, 3.63) is 191 Å². The molecule has 0 fully saturated rings. The summed E-state index contributed by atoms with van der Waals surface area (Å²) in [7, 11) is 0. The Balaban J connectivity index is 0.000000170. The number of nitrogens with one attached hydrogen (secondary N) is 3. The first-order chi connectivity index (χ1) is 27.0. The fourth-order valence-electron chi connectivity index (χ4n) is 7.10. The van der Waals surface area contributed by atoms with Crippen LogP contribution in [-0.4, -0.2) is 35.8 Å². The van der Waals surface area contributed by atoms with Gasteiger partial charge in [-0.1, -0.05) is 158 Å². The summed E-state index contributed by atoms with van der Waals surface area (Å²) in [5.74, 6) is 0.0182. The molecule has 0 unspecified atom stereocenters. The van der Waals surface area contributed by atoms with Crippen molar-refractivity contribution in [2.45, 2.75) is 24.9 Å². The third-order valence-corrected chi connectivity index (χ3v) is 9.84. The van der Waals surface area contributed by atoms with Gasteiger partial charge in [0, 0.05) is 18.4 Å². The number of carbonyl (C=O) groups is 3. The van der Waals surface area contributed by atoms with Gasteiger partial charge in [-0.2, -0.15) is 0 Å². The van der Waals surface area contributed by atoms with E-state index in [-0.39, 0.29) is 25.0 Å². The summed E-state index contributed by atoms with van der Waals surface area (Å²) in [6, 6.07) is 51.9. The monoisotopic (exact) mass is 750 g/mol. The van der Waals surface area contributed by atoms with Crippen LogP contribution < -0.4 is 16.3 Å². The highest BCUT2D eigenvalue weighted by Crippen LogP contribution is 2.45. The smallest absolute Gasteiger partial charge is 0.426 e. The van der Waals surface area contributed by atoms with Gasteiger partial charge in [-0.15, -0.1) is 0 Å². The number of nitrogens with zero attached hydrogens (tertiary/aromatic N) is 1. The van der Waals surface area contributed by atoms with Crippen LogP contribution in [0.2, 0.25) is 0 Å². The van der Waals surface area contributed by atoms with E-state index in [9.17, 15) is 14.4 Å². The largest absolute Gasteiger partial charge is 0.448 e. The number of ether oxygens (including phenoxy) is 2. The number of carbonyl (C=O) groups excluding carboxylic acids is 3. The molecule has 0 spiro atoms. The van der Waals surface area contributed by atoms with Crippen LogP contribution in [0.5, 0.6) is 0 Å². The quantitative estimate of drug-likeness (QED) is 0.0772. The maximum Gasteiger partial charge on any atom is 0.426 e. The van der Waals surface area contributed by atoms with Crippen LogP contribution in [0.15, 0.2) is 158 Å². The number of fused-ring (bicyclic) bond motifs is 6. The maximum atomic E-state index is 12.3. The molecule has 6 aromatic rings. The van der Waals surface area contributed by atoms with Crippen molar-refractivity contribution < 1.29 is 23.9 Å². The van der Waals surface area contributed by atoms with Crippen molar-refractivity contribution in [2.24, 2.45) is 0 Å². The summed E-state index contributed by atoms with van der Waals surface area (Å²) in [4.78, 5) is 36.1. The van der Waals surface area contributed by atoms with Crippen molar-refractivity contribution >= 4 is 29.2 Å². The summed E-state index contributed by atoms with van der Waals surface area (Å²) in [6.07, 6.45) is -1.19. The molecule has 0 atom stereocenters. The van der Waals surface area contributed by atoms with E-state index in [4.69, 9.17) is 21.1 Å². The van der Waals surface area contributed by atoms with Crippen LogP contribution in [0, 0.1) is 0 Å². The molecule has 0 aromatic heterocycles. The molecule has 3 amide bonds. The highest BCUT2D eigenvalue weighted by atomic mass is 35.5. The lowest BCUT2D eigenvalue weighted by molar-refractivity contribution is 0.113. The summed E-state index contributed by atoms with van der Waals surface area (Å²) in [5, 5.41) is 0.234. The zero-order valence-corrected chi connectivity index (χ0v) is 30.6. The van der Waals surface area contributed by atoms with Gasteiger partial charge in [0.15, 0.2) is 0 Å². The number of benzene rings is 6. The molecule has 0 saturated carbocycles. The Hall–Kier alpha value is -6.42. The average Bonchev–Trinajstić information content (AvgIpc) is 3.72. The fourth-order valence-corrected chi connectivity index (χ4v) is 7.20. The molecular weight excluding hydrogens is 712 g/mol. The number of rotatable bonds is 9. The Labute approximate surface area is 324 Å². The molecule has 55 heavy (non-hydrogen) atoms. The second kappa shape index (κ2) is 17.6. The van der Waals surface area contributed by atoms with Crippen molar-refractivity contribution in [3.63, 3.8) is 0 Å². The summed E-state index contributed by atoms with van der Waals surface area (Å²) < 4.78 is 10.9. The van der Waals surface area contributed by atoms with E-state index in [0.29, 0.717) is 13.2 Å². The Bertz CT molecular complexity index is 2180. The number of amides is 3. The molecule has 3 N–H and O–H groups in total. The van der Waals surface area contributed by atoms with Gasteiger partial charge in [0.1, 0.15) is 13.2 Å².